The van der Waals surface area contributed by atoms with Crippen LogP contribution in [0.4, 0.5) is 0 Å². The normalized spacial score (nSPS) is 11.4. The van der Waals surface area contributed by atoms with E-state index in [2.05, 4.69) is 14.7 Å². The van der Waals surface area contributed by atoms with E-state index < -0.39 is 10.0 Å². The zero-order chi connectivity index (χ0) is 13.0. The Bertz CT molecular complexity index is 627. The Hall–Kier alpha value is -1.79. The molecule has 0 aliphatic carbocycles. The Balaban J connectivity index is 2.32. The van der Waals surface area contributed by atoms with Crippen LogP contribution in [0.5, 0.6) is 0 Å². The van der Waals surface area contributed by atoms with Crippen LogP contribution in [0, 0.1) is 0 Å². The average Bonchev–Trinajstić information content (AvgIpc) is 2.37. The lowest BCUT2D eigenvalue weighted by Gasteiger charge is -2.08. The molecule has 2 heterocycles. The van der Waals surface area contributed by atoms with Crippen molar-refractivity contribution in [3.8, 4) is 11.3 Å². The average molecular weight is 263 g/mol. The highest BCUT2D eigenvalue weighted by Crippen LogP contribution is 2.19. The van der Waals surface area contributed by atoms with Gasteiger partial charge < -0.3 is 0 Å². The third-order valence-electron chi connectivity index (χ3n) is 2.35. The number of aromatic nitrogens is 2. The fourth-order valence-electron chi connectivity index (χ4n) is 1.55. The van der Waals surface area contributed by atoms with E-state index in [1.165, 1.54) is 0 Å². The molecule has 0 unspecified atom stereocenters. The zero-order valence-corrected chi connectivity index (χ0v) is 10.7. The number of sulfonamides is 1. The Morgan fingerprint density at radius 3 is 2.67 bits per heavy atom. The molecule has 0 amide bonds. The molecule has 2 aromatic rings. The molecule has 0 spiro atoms. The van der Waals surface area contributed by atoms with Gasteiger partial charge in [0.05, 0.1) is 11.9 Å². The van der Waals surface area contributed by atoms with Crippen molar-refractivity contribution < 1.29 is 8.42 Å². The van der Waals surface area contributed by atoms with Gasteiger partial charge in [-0.05, 0) is 23.8 Å². The Kier molecular flexibility index (Phi) is 3.69. The van der Waals surface area contributed by atoms with E-state index in [1.807, 2.05) is 18.2 Å². The van der Waals surface area contributed by atoms with Crippen LogP contribution in [0.2, 0.25) is 0 Å². The number of hydrogen-bond donors (Lipinski definition) is 1. The number of rotatable bonds is 4. The number of nitrogens with one attached hydrogen (secondary N) is 1. The number of hydrogen-bond acceptors (Lipinski definition) is 4. The highest BCUT2D eigenvalue weighted by molar-refractivity contribution is 7.88. The summed E-state index contributed by atoms with van der Waals surface area (Å²) >= 11 is 0. The second kappa shape index (κ2) is 5.24. The van der Waals surface area contributed by atoms with Crippen molar-refractivity contribution in [1.82, 2.24) is 14.7 Å². The first kappa shape index (κ1) is 12.7. The third kappa shape index (κ3) is 3.35. The highest BCUT2D eigenvalue weighted by atomic mass is 32.2. The summed E-state index contributed by atoms with van der Waals surface area (Å²) in [7, 11) is -3.21. The molecule has 0 saturated heterocycles. The molecule has 18 heavy (non-hydrogen) atoms. The van der Waals surface area contributed by atoms with Gasteiger partial charge in [-0.1, -0.05) is 6.07 Å². The van der Waals surface area contributed by atoms with Crippen molar-refractivity contribution in [1.29, 1.82) is 0 Å². The molecule has 0 bridgehead atoms. The molecular weight excluding hydrogens is 250 g/mol. The molecule has 6 heteroatoms. The van der Waals surface area contributed by atoms with E-state index in [9.17, 15) is 8.42 Å². The quantitative estimate of drug-likeness (QED) is 0.899. The lowest BCUT2D eigenvalue weighted by molar-refractivity contribution is 0.587. The summed E-state index contributed by atoms with van der Waals surface area (Å²) in [6.07, 6.45) is 6.19. The molecule has 1 N–H and O–H groups in total. The minimum atomic E-state index is -3.21. The van der Waals surface area contributed by atoms with E-state index >= 15 is 0 Å². The topological polar surface area (TPSA) is 72.0 Å². The molecule has 0 aliphatic heterocycles. The first-order chi connectivity index (χ1) is 8.56. The van der Waals surface area contributed by atoms with E-state index in [0.717, 1.165) is 23.1 Å². The van der Waals surface area contributed by atoms with Gasteiger partial charge >= 0.3 is 0 Å². The molecule has 2 aromatic heterocycles. The largest absolute Gasteiger partial charge is 0.264 e. The molecule has 94 valence electrons. The van der Waals surface area contributed by atoms with Crippen molar-refractivity contribution in [2.45, 2.75) is 6.54 Å². The van der Waals surface area contributed by atoms with Crippen LogP contribution in [0.25, 0.3) is 11.3 Å². The predicted molar refractivity (Wildman–Crippen MR) is 69.2 cm³/mol. The maximum absolute atomic E-state index is 11.1. The SMILES string of the molecule is CS(=O)(=O)NCc1cccnc1-c1cccnc1. The van der Waals surface area contributed by atoms with Gasteiger partial charge in [0.25, 0.3) is 0 Å². The van der Waals surface area contributed by atoms with Crippen LogP contribution < -0.4 is 4.72 Å². The first-order valence-corrected chi connectivity index (χ1v) is 7.24. The molecule has 0 atom stereocenters. The number of pyridine rings is 2. The smallest absolute Gasteiger partial charge is 0.209 e. The van der Waals surface area contributed by atoms with Gasteiger partial charge in [-0.25, -0.2) is 13.1 Å². The van der Waals surface area contributed by atoms with Gasteiger partial charge in [0.2, 0.25) is 10.0 Å². The fraction of sp³-hybridized carbons (Fsp3) is 0.167. The summed E-state index contributed by atoms with van der Waals surface area (Å²) in [6.45, 7) is 0.219. The highest BCUT2D eigenvalue weighted by Gasteiger charge is 2.08. The van der Waals surface area contributed by atoms with Crippen LogP contribution in [0.1, 0.15) is 5.56 Å². The van der Waals surface area contributed by atoms with Crippen molar-refractivity contribution in [2.75, 3.05) is 6.26 Å². The number of nitrogens with zero attached hydrogens (tertiary/aromatic N) is 2. The molecular formula is C12H13N3O2S. The van der Waals surface area contributed by atoms with E-state index in [0.29, 0.717) is 0 Å². The lowest BCUT2D eigenvalue weighted by Crippen LogP contribution is -2.21. The van der Waals surface area contributed by atoms with Gasteiger partial charge in [-0.15, -0.1) is 0 Å². The standard InChI is InChI=1S/C12H13N3O2S/c1-18(16,17)15-9-11-5-3-7-14-12(11)10-4-2-6-13-8-10/h2-8,15H,9H2,1H3. The van der Waals surface area contributed by atoms with Gasteiger partial charge in [-0.3, -0.25) is 9.97 Å². The van der Waals surface area contributed by atoms with Crippen molar-refractivity contribution in [3.05, 3.63) is 48.4 Å². The van der Waals surface area contributed by atoms with Crippen molar-refractivity contribution in [3.63, 3.8) is 0 Å². The Labute approximate surface area is 106 Å². The molecule has 0 radical (unpaired) electrons. The first-order valence-electron chi connectivity index (χ1n) is 5.35. The monoisotopic (exact) mass is 263 g/mol. The van der Waals surface area contributed by atoms with Crippen LogP contribution in [0.3, 0.4) is 0 Å². The van der Waals surface area contributed by atoms with Crippen molar-refractivity contribution >= 4 is 10.0 Å². The molecule has 0 aliphatic rings. The zero-order valence-electron chi connectivity index (χ0n) is 9.87. The van der Waals surface area contributed by atoms with Crippen molar-refractivity contribution in [2.24, 2.45) is 0 Å². The molecule has 2 rings (SSSR count). The summed E-state index contributed by atoms with van der Waals surface area (Å²) in [6, 6.07) is 7.32. The second-order valence-corrected chi connectivity index (χ2v) is 5.68. The van der Waals surface area contributed by atoms with E-state index in [4.69, 9.17) is 0 Å². The maximum Gasteiger partial charge on any atom is 0.209 e. The van der Waals surface area contributed by atoms with Crippen LogP contribution >= 0.6 is 0 Å². The van der Waals surface area contributed by atoms with Gasteiger partial charge in [0.15, 0.2) is 0 Å². The molecule has 0 aromatic carbocycles. The predicted octanol–water partition coefficient (Wildman–Crippen LogP) is 1.19. The van der Waals surface area contributed by atoms with Crippen LogP contribution in [-0.4, -0.2) is 24.6 Å². The van der Waals surface area contributed by atoms with Crippen LogP contribution in [-0.2, 0) is 16.6 Å². The summed E-state index contributed by atoms with van der Waals surface area (Å²) < 4.78 is 24.7. The summed E-state index contributed by atoms with van der Waals surface area (Å²) in [5, 5.41) is 0. The minimum absolute atomic E-state index is 0.219. The maximum atomic E-state index is 11.1. The Morgan fingerprint density at radius 2 is 2.00 bits per heavy atom. The third-order valence-corrected chi connectivity index (χ3v) is 3.02. The summed E-state index contributed by atoms with van der Waals surface area (Å²) in [5.74, 6) is 0. The molecule has 5 nitrogen and oxygen atoms in total. The van der Waals surface area contributed by atoms with Gasteiger partial charge in [-0.2, -0.15) is 0 Å². The lowest BCUT2D eigenvalue weighted by atomic mass is 10.1. The Morgan fingerprint density at radius 1 is 1.22 bits per heavy atom. The van der Waals surface area contributed by atoms with E-state index in [1.54, 1.807) is 24.7 Å². The van der Waals surface area contributed by atoms with Gasteiger partial charge in [0, 0.05) is 30.7 Å². The summed E-state index contributed by atoms with van der Waals surface area (Å²) in [5.41, 5.74) is 2.42. The summed E-state index contributed by atoms with van der Waals surface area (Å²) in [4.78, 5) is 8.31. The molecule has 0 saturated carbocycles. The van der Waals surface area contributed by atoms with Gasteiger partial charge in [0.1, 0.15) is 0 Å². The molecule has 0 fully saturated rings. The minimum Gasteiger partial charge on any atom is -0.264 e. The van der Waals surface area contributed by atoms with Crippen LogP contribution in [0.15, 0.2) is 42.9 Å². The second-order valence-electron chi connectivity index (χ2n) is 3.85. The van der Waals surface area contributed by atoms with E-state index in [-0.39, 0.29) is 6.54 Å². The fourth-order valence-corrected chi connectivity index (χ4v) is 1.97.